The van der Waals surface area contributed by atoms with E-state index in [-0.39, 0.29) is 29.3 Å². The predicted octanol–water partition coefficient (Wildman–Crippen LogP) is 6.00. The minimum absolute atomic E-state index is 0.0244. The maximum Gasteiger partial charge on any atom is 0.348 e. The van der Waals surface area contributed by atoms with E-state index in [0.717, 1.165) is 69.1 Å². The number of carboxylic acid groups (broad SMARTS) is 1. The molecule has 178 valence electrons. The van der Waals surface area contributed by atoms with Crippen LogP contribution in [0.25, 0.3) is 0 Å². The number of nitrogens with two attached hydrogens (primary N) is 1. The van der Waals surface area contributed by atoms with Crippen molar-refractivity contribution in [2.45, 2.75) is 110 Å². The topological polar surface area (TPSA) is 83.6 Å². The highest BCUT2D eigenvalue weighted by Gasteiger charge is 2.47. The van der Waals surface area contributed by atoms with E-state index >= 15 is 0 Å². The number of carboxylic acids is 1. The van der Waals surface area contributed by atoms with Gasteiger partial charge >= 0.3 is 5.97 Å². The molecule has 4 rings (SSSR count). The molecule has 3 aliphatic carbocycles. The SMILES string of the molecule is CC(C)(C)CCc1cc(N(C(=O)C2CCC3(CC2)CC3)C2CCC(N)CC2)c(C(=O)O)s1. The number of rotatable bonds is 6. The average Bonchev–Trinajstić information content (AvgIpc) is 3.34. The van der Waals surface area contributed by atoms with Gasteiger partial charge in [-0.3, -0.25) is 4.79 Å². The van der Waals surface area contributed by atoms with Crippen LogP contribution < -0.4 is 10.6 Å². The molecule has 0 radical (unpaired) electrons. The van der Waals surface area contributed by atoms with E-state index in [1.165, 1.54) is 24.2 Å². The molecule has 5 nitrogen and oxygen atoms in total. The van der Waals surface area contributed by atoms with Gasteiger partial charge in [0.1, 0.15) is 4.88 Å². The summed E-state index contributed by atoms with van der Waals surface area (Å²) in [5.41, 5.74) is 7.52. The summed E-state index contributed by atoms with van der Waals surface area (Å²) >= 11 is 1.36. The second-order valence-corrected chi connectivity index (χ2v) is 13.0. The van der Waals surface area contributed by atoms with Crippen molar-refractivity contribution >= 4 is 28.9 Å². The third-order valence-corrected chi connectivity index (χ3v) is 9.21. The first kappa shape index (κ1) is 23.7. The van der Waals surface area contributed by atoms with Crippen molar-refractivity contribution in [2.24, 2.45) is 22.5 Å². The van der Waals surface area contributed by atoms with Crippen molar-refractivity contribution in [3.63, 3.8) is 0 Å². The molecule has 3 fully saturated rings. The normalized spacial score (nSPS) is 25.6. The van der Waals surface area contributed by atoms with Crippen molar-refractivity contribution in [3.8, 4) is 0 Å². The minimum Gasteiger partial charge on any atom is -0.477 e. The molecule has 0 saturated heterocycles. The van der Waals surface area contributed by atoms with Crippen LogP contribution in [0.1, 0.15) is 106 Å². The Labute approximate surface area is 196 Å². The molecular formula is C26H40N2O3S. The lowest BCUT2D eigenvalue weighted by Crippen LogP contribution is -2.48. The highest BCUT2D eigenvalue weighted by atomic mass is 32.1. The van der Waals surface area contributed by atoms with Gasteiger partial charge in [-0.2, -0.15) is 0 Å². The fourth-order valence-corrected chi connectivity index (χ4v) is 6.58. The first-order valence-electron chi connectivity index (χ1n) is 12.5. The molecular weight excluding hydrogens is 420 g/mol. The van der Waals surface area contributed by atoms with E-state index in [2.05, 4.69) is 20.8 Å². The van der Waals surface area contributed by atoms with Crippen LogP contribution in [0.2, 0.25) is 0 Å². The monoisotopic (exact) mass is 460 g/mol. The first-order valence-corrected chi connectivity index (χ1v) is 13.3. The number of carbonyl (C=O) groups is 2. The molecule has 1 amide bonds. The Morgan fingerprint density at radius 2 is 1.72 bits per heavy atom. The van der Waals surface area contributed by atoms with E-state index in [1.54, 1.807) is 0 Å². The molecule has 0 aromatic carbocycles. The van der Waals surface area contributed by atoms with E-state index in [0.29, 0.717) is 16.0 Å². The number of amides is 1. The molecule has 0 aliphatic heterocycles. The van der Waals surface area contributed by atoms with Gasteiger partial charge < -0.3 is 15.7 Å². The predicted molar refractivity (Wildman–Crippen MR) is 130 cm³/mol. The van der Waals surface area contributed by atoms with E-state index < -0.39 is 5.97 Å². The Morgan fingerprint density at radius 3 is 2.25 bits per heavy atom. The summed E-state index contributed by atoms with van der Waals surface area (Å²) < 4.78 is 0. The van der Waals surface area contributed by atoms with E-state index in [9.17, 15) is 14.7 Å². The molecule has 1 aromatic rings. The van der Waals surface area contributed by atoms with Gasteiger partial charge in [0, 0.05) is 22.9 Å². The summed E-state index contributed by atoms with van der Waals surface area (Å²) in [5.74, 6) is -0.738. The van der Waals surface area contributed by atoms with Crippen molar-refractivity contribution in [1.82, 2.24) is 0 Å². The summed E-state index contributed by atoms with van der Waals surface area (Å²) in [7, 11) is 0. The zero-order valence-corrected chi connectivity index (χ0v) is 20.8. The molecule has 0 atom stereocenters. The molecule has 6 heteroatoms. The second kappa shape index (κ2) is 9.09. The highest BCUT2D eigenvalue weighted by Crippen LogP contribution is 2.57. The Morgan fingerprint density at radius 1 is 1.09 bits per heavy atom. The van der Waals surface area contributed by atoms with Gasteiger partial charge in [0.2, 0.25) is 5.91 Å². The number of thiophene rings is 1. The lowest BCUT2D eigenvalue weighted by atomic mass is 9.78. The van der Waals surface area contributed by atoms with Gasteiger partial charge in [-0.05, 0) is 93.9 Å². The summed E-state index contributed by atoms with van der Waals surface area (Å²) in [6, 6.07) is 2.26. The maximum absolute atomic E-state index is 13.9. The number of aromatic carboxylic acids is 1. The summed E-state index contributed by atoms with van der Waals surface area (Å²) in [5, 5.41) is 10.0. The van der Waals surface area contributed by atoms with Gasteiger partial charge in [-0.25, -0.2) is 4.79 Å². The van der Waals surface area contributed by atoms with Crippen molar-refractivity contribution in [2.75, 3.05) is 4.90 Å². The quantitative estimate of drug-likeness (QED) is 0.545. The second-order valence-electron chi connectivity index (χ2n) is 11.8. The standard InChI is InChI=1S/C26H40N2O3S/c1-25(2,3)11-10-20-16-21(22(32-20)24(30)31)28(19-6-4-18(27)5-7-19)23(29)17-8-12-26(13-9-17)14-15-26/h16-19H,4-15,27H2,1-3H3,(H,30,31). The Bertz CT molecular complexity index is 834. The van der Waals surface area contributed by atoms with Gasteiger partial charge in [0.15, 0.2) is 0 Å². The molecule has 0 unspecified atom stereocenters. The van der Waals surface area contributed by atoms with Gasteiger partial charge in [0.25, 0.3) is 0 Å². The Kier molecular flexibility index (Phi) is 6.75. The van der Waals surface area contributed by atoms with Crippen molar-refractivity contribution < 1.29 is 14.7 Å². The molecule has 1 heterocycles. The van der Waals surface area contributed by atoms with Crippen LogP contribution in [0, 0.1) is 16.7 Å². The van der Waals surface area contributed by atoms with Crippen LogP contribution in [0.4, 0.5) is 5.69 Å². The van der Waals surface area contributed by atoms with Crippen LogP contribution in [0.3, 0.4) is 0 Å². The van der Waals surface area contributed by atoms with Crippen LogP contribution in [0.15, 0.2) is 6.07 Å². The summed E-state index contributed by atoms with van der Waals surface area (Å²) in [6.07, 6.45) is 12.2. The zero-order chi connectivity index (χ0) is 23.1. The number of nitrogens with zero attached hydrogens (tertiary/aromatic N) is 1. The molecule has 3 aliphatic rings. The number of aryl methyl sites for hydroxylation is 1. The Hall–Kier alpha value is -1.40. The lowest BCUT2D eigenvalue weighted by Gasteiger charge is -2.39. The van der Waals surface area contributed by atoms with Crippen LogP contribution >= 0.6 is 11.3 Å². The molecule has 3 saturated carbocycles. The fourth-order valence-electron chi connectivity index (χ4n) is 5.59. The lowest BCUT2D eigenvalue weighted by molar-refractivity contribution is -0.124. The van der Waals surface area contributed by atoms with Gasteiger partial charge in [-0.15, -0.1) is 11.3 Å². The Balaban J connectivity index is 1.62. The molecule has 1 spiro atoms. The van der Waals surface area contributed by atoms with E-state index in [4.69, 9.17) is 5.73 Å². The third-order valence-electron chi connectivity index (χ3n) is 8.04. The van der Waals surface area contributed by atoms with Crippen LogP contribution in [0.5, 0.6) is 0 Å². The van der Waals surface area contributed by atoms with Crippen LogP contribution in [-0.4, -0.2) is 29.1 Å². The molecule has 0 bridgehead atoms. The summed E-state index contributed by atoms with van der Waals surface area (Å²) in [4.78, 5) is 29.5. The minimum atomic E-state index is -0.919. The maximum atomic E-state index is 13.9. The third kappa shape index (κ3) is 5.39. The van der Waals surface area contributed by atoms with E-state index in [1.807, 2.05) is 11.0 Å². The van der Waals surface area contributed by atoms with Crippen LogP contribution in [-0.2, 0) is 11.2 Å². The number of hydrogen-bond acceptors (Lipinski definition) is 4. The largest absolute Gasteiger partial charge is 0.477 e. The average molecular weight is 461 g/mol. The smallest absolute Gasteiger partial charge is 0.348 e. The first-order chi connectivity index (χ1) is 15.1. The molecule has 32 heavy (non-hydrogen) atoms. The fraction of sp³-hybridized carbons (Fsp3) is 0.769. The zero-order valence-electron chi connectivity index (χ0n) is 20.0. The van der Waals surface area contributed by atoms with Crippen molar-refractivity contribution in [1.29, 1.82) is 0 Å². The number of anilines is 1. The number of carbonyl (C=O) groups excluding carboxylic acids is 1. The summed E-state index contributed by atoms with van der Waals surface area (Å²) in [6.45, 7) is 6.61. The number of hydrogen-bond donors (Lipinski definition) is 2. The highest BCUT2D eigenvalue weighted by molar-refractivity contribution is 7.14. The van der Waals surface area contributed by atoms with Crippen molar-refractivity contribution in [3.05, 3.63) is 15.8 Å². The molecule has 3 N–H and O–H groups in total. The molecule has 1 aromatic heterocycles. The van der Waals surface area contributed by atoms with Gasteiger partial charge in [-0.1, -0.05) is 20.8 Å². The van der Waals surface area contributed by atoms with Gasteiger partial charge in [0.05, 0.1) is 5.69 Å².